The maximum atomic E-state index is 13.8. The van der Waals surface area contributed by atoms with Crippen LogP contribution in [0.25, 0.3) is 11.0 Å². The summed E-state index contributed by atoms with van der Waals surface area (Å²) in [6.07, 6.45) is -5.20. The number of carbonyl (C=O) groups excluding carboxylic acids is 2. The molecule has 0 bridgehead atoms. The first-order chi connectivity index (χ1) is 18.1. The average Bonchev–Trinajstić information content (AvgIpc) is 2.89. The first-order valence-electron chi connectivity index (χ1n) is 11.0. The highest BCUT2D eigenvalue weighted by Crippen LogP contribution is 2.38. The molecule has 4 aromatic rings. The zero-order chi connectivity index (χ0) is 27.4. The topological polar surface area (TPSA) is 101 Å². The van der Waals surface area contributed by atoms with E-state index in [0.717, 1.165) is 6.07 Å². The lowest BCUT2D eigenvalue weighted by molar-refractivity contribution is -0.154. The molecule has 0 saturated carbocycles. The van der Waals surface area contributed by atoms with Crippen molar-refractivity contribution in [1.29, 1.82) is 0 Å². The summed E-state index contributed by atoms with van der Waals surface area (Å²) in [4.78, 5) is 36.9. The molecule has 8 nitrogen and oxygen atoms in total. The van der Waals surface area contributed by atoms with E-state index < -0.39 is 40.6 Å². The zero-order valence-electron chi connectivity index (χ0n) is 20.0. The molecule has 11 heteroatoms. The molecular formula is C27H19F3O8. The van der Waals surface area contributed by atoms with E-state index in [1.807, 2.05) is 0 Å². The molecule has 38 heavy (non-hydrogen) atoms. The van der Waals surface area contributed by atoms with E-state index in [4.69, 9.17) is 18.6 Å². The number of esters is 2. The van der Waals surface area contributed by atoms with Crippen LogP contribution in [0.2, 0.25) is 0 Å². The number of hydrogen-bond acceptors (Lipinski definition) is 8. The molecule has 0 fully saturated rings. The van der Waals surface area contributed by atoms with Crippen molar-refractivity contribution in [3.05, 3.63) is 93.8 Å². The van der Waals surface area contributed by atoms with Crippen LogP contribution in [0.4, 0.5) is 13.2 Å². The Kier molecular flexibility index (Phi) is 7.38. The third-order valence-electron chi connectivity index (χ3n) is 5.31. The Balaban J connectivity index is 1.63. The van der Waals surface area contributed by atoms with Crippen LogP contribution in [0.5, 0.6) is 23.0 Å². The maximum Gasteiger partial charge on any atom is 0.453 e. The molecule has 1 aromatic heterocycles. The minimum Gasteiger partial charge on any atom is -0.497 e. The van der Waals surface area contributed by atoms with Crippen molar-refractivity contribution in [3.8, 4) is 23.0 Å². The summed E-state index contributed by atoms with van der Waals surface area (Å²) < 4.78 is 66.6. The van der Waals surface area contributed by atoms with Gasteiger partial charge < -0.3 is 23.4 Å². The average molecular weight is 528 g/mol. The highest BCUT2D eigenvalue weighted by Gasteiger charge is 2.40. The predicted octanol–water partition coefficient (Wildman–Crippen LogP) is 5.55. The molecule has 196 valence electrons. The van der Waals surface area contributed by atoms with Crippen molar-refractivity contribution in [2.45, 2.75) is 12.6 Å². The smallest absolute Gasteiger partial charge is 0.453 e. The van der Waals surface area contributed by atoms with Crippen LogP contribution in [0.1, 0.15) is 21.7 Å². The van der Waals surface area contributed by atoms with Crippen LogP contribution in [-0.4, -0.2) is 26.2 Å². The first kappa shape index (κ1) is 26.3. The normalized spacial score (nSPS) is 11.2. The van der Waals surface area contributed by atoms with Gasteiger partial charge in [-0.05, 0) is 54.1 Å². The maximum absolute atomic E-state index is 13.8. The molecule has 0 aliphatic rings. The van der Waals surface area contributed by atoms with Crippen molar-refractivity contribution >= 4 is 22.9 Å². The van der Waals surface area contributed by atoms with Gasteiger partial charge in [0.05, 0.1) is 31.6 Å². The number of ether oxygens (including phenoxy) is 4. The van der Waals surface area contributed by atoms with Gasteiger partial charge in [0.2, 0.25) is 11.2 Å². The number of carbonyl (C=O) groups is 2. The number of rotatable bonds is 7. The predicted molar refractivity (Wildman–Crippen MR) is 128 cm³/mol. The van der Waals surface area contributed by atoms with Crippen molar-refractivity contribution in [1.82, 2.24) is 0 Å². The minimum atomic E-state index is -5.09. The summed E-state index contributed by atoms with van der Waals surface area (Å²) >= 11 is 0. The number of fused-ring (bicyclic) bond motifs is 1. The van der Waals surface area contributed by atoms with Crippen LogP contribution in [0, 0.1) is 0 Å². The summed E-state index contributed by atoms with van der Waals surface area (Å²) in [6.45, 7) is 0. The third-order valence-corrected chi connectivity index (χ3v) is 5.31. The molecule has 0 unspecified atom stereocenters. The number of alkyl halides is 3. The fourth-order valence-corrected chi connectivity index (χ4v) is 3.47. The second-order valence-corrected chi connectivity index (χ2v) is 7.86. The standard InChI is InChI=1S/C27H19F3O8/c1-34-17-7-3-15(4-8-17)13-22(31)36-19-11-12-20-21(14-19)38-25(27(28,29)30)24(23(20)32)37-18-9-5-16(6-10-18)26(33)35-2/h3-12,14H,13H2,1-2H3. The van der Waals surface area contributed by atoms with Gasteiger partial charge in [-0.3, -0.25) is 9.59 Å². The van der Waals surface area contributed by atoms with Gasteiger partial charge in [0, 0.05) is 6.07 Å². The van der Waals surface area contributed by atoms with Crippen molar-refractivity contribution in [2.24, 2.45) is 0 Å². The molecule has 0 atom stereocenters. The Morgan fingerprint density at radius 3 is 2.11 bits per heavy atom. The number of hydrogen-bond donors (Lipinski definition) is 0. The van der Waals surface area contributed by atoms with E-state index in [2.05, 4.69) is 4.74 Å². The summed E-state index contributed by atoms with van der Waals surface area (Å²) in [5.74, 6) is -3.73. The van der Waals surface area contributed by atoms with E-state index >= 15 is 0 Å². The summed E-state index contributed by atoms with van der Waals surface area (Å²) in [5.41, 5.74) is -0.781. The molecule has 0 amide bonds. The van der Waals surface area contributed by atoms with Crippen molar-refractivity contribution < 1.29 is 46.1 Å². The minimum absolute atomic E-state index is 0.110. The van der Waals surface area contributed by atoms with Gasteiger partial charge in [0.15, 0.2) is 0 Å². The number of benzene rings is 3. The Hall–Kier alpha value is -4.80. The Morgan fingerprint density at radius 1 is 0.868 bits per heavy atom. The van der Waals surface area contributed by atoms with Gasteiger partial charge in [0.25, 0.3) is 5.76 Å². The van der Waals surface area contributed by atoms with E-state index in [9.17, 15) is 27.6 Å². The van der Waals surface area contributed by atoms with Crippen LogP contribution in [0.3, 0.4) is 0 Å². The van der Waals surface area contributed by atoms with Gasteiger partial charge >= 0.3 is 18.1 Å². The van der Waals surface area contributed by atoms with Gasteiger partial charge in [-0.15, -0.1) is 0 Å². The Bertz CT molecular complexity index is 1540. The quantitative estimate of drug-likeness (QED) is 0.227. The summed E-state index contributed by atoms with van der Waals surface area (Å²) in [7, 11) is 2.68. The summed E-state index contributed by atoms with van der Waals surface area (Å²) in [6, 6.07) is 15.1. The lowest BCUT2D eigenvalue weighted by atomic mass is 10.1. The second kappa shape index (κ2) is 10.7. The SMILES string of the molecule is COC(=O)c1ccc(Oc2c(C(F)(F)F)oc3cc(OC(=O)Cc4ccc(OC)cc4)ccc3c2=O)cc1. The molecule has 0 aliphatic carbocycles. The second-order valence-electron chi connectivity index (χ2n) is 7.86. The van der Waals surface area contributed by atoms with E-state index in [1.54, 1.807) is 24.3 Å². The molecule has 0 saturated heterocycles. The molecule has 4 rings (SSSR count). The van der Waals surface area contributed by atoms with E-state index in [-0.39, 0.29) is 28.9 Å². The first-order valence-corrected chi connectivity index (χ1v) is 11.0. The molecule has 1 heterocycles. The summed E-state index contributed by atoms with van der Waals surface area (Å²) in [5, 5.41) is -0.228. The largest absolute Gasteiger partial charge is 0.497 e. The van der Waals surface area contributed by atoms with Gasteiger partial charge in [-0.1, -0.05) is 12.1 Å². The fourth-order valence-electron chi connectivity index (χ4n) is 3.47. The molecule has 3 aromatic carbocycles. The Morgan fingerprint density at radius 2 is 1.50 bits per heavy atom. The lowest BCUT2D eigenvalue weighted by Crippen LogP contribution is -2.16. The highest BCUT2D eigenvalue weighted by molar-refractivity contribution is 5.89. The Labute approximate surface area is 213 Å². The van der Waals surface area contributed by atoms with Gasteiger partial charge in [-0.25, -0.2) is 4.79 Å². The van der Waals surface area contributed by atoms with Crippen molar-refractivity contribution in [2.75, 3.05) is 14.2 Å². The fraction of sp³-hybridized carbons (Fsp3) is 0.148. The highest BCUT2D eigenvalue weighted by atomic mass is 19.4. The van der Waals surface area contributed by atoms with Gasteiger partial charge in [0.1, 0.15) is 22.8 Å². The van der Waals surface area contributed by atoms with Crippen LogP contribution < -0.4 is 19.6 Å². The molecule has 0 aliphatic heterocycles. The van der Waals surface area contributed by atoms with Crippen molar-refractivity contribution in [3.63, 3.8) is 0 Å². The zero-order valence-corrected chi connectivity index (χ0v) is 20.0. The molecule has 0 N–H and O–H groups in total. The number of halogens is 3. The van der Waals surface area contributed by atoms with E-state index in [1.165, 1.54) is 50.6 Å². The van der Waals surface area contributed by atoms with Crippen LogP contribution >= 0.6 is 0 Å². The molecule has 0 radical (unpaired) electrons. The van der Waals surface area contributed by atoms with Crippen LogP contribution in [-0.2, 0) is 22.1 Å². The third kappa shape index (κ3) is 5.77. The van der Waals surface area contributed by atoms with Crippen LogP contribution in [0.15, 0.2) is 75.9 Å². The number of methoxy groups -OCH3 is 2. The lowest BCUT2D eigenvalue weighted by Gasteiger charge is -2.14. The van der Waals surface area contributed by atoms with Gasteiger partial charge in [-0.2, -0.15) is 13.2 Å². The van der Waals surface area contributed by atoms with E-state index in [0.29, 0.717) is 11.3 Å². The molecule has 0 spiro atoms. The molecular weight excluding hydrogens is 509 g/mol. The monoisotopic (exact) mass is 528 g/mol.